The molecule has 0 aliphatic heterocycles. The van der Waals surface area contributed by atoms with Gasteiger partial charge in [0.2, 0.25) is 0 Å². The van der Waals surface area contributed by atoms with Gasteiger partial charge in [-0.2, -0.15) is 0 Å². The average Bonchev–Trinajstić information content (AvgIpc) is 2.78. The molecule has 0 heterocycles. The standard InChI is InChI=1S/C29H48/c1-3-5-7-8-9-11-25-14-18-27(19-15-25)29-22-20-28(21-23-29)26-16-12-24(13-17-26)10-6-4-2/h20-27H,3-19H2,1-2H3/t24-,25-,26-,27-. The summed E-state index contributed by atoms with van der Waals surface area (Å²) in [5.74, 6) is 3.72. The van der Waals surface area contributed by atoms with Crippen molar-refractivity contribution in [1.29, 1.82) is 0 Å². The maximum Gasteiger partial charge on any atom is -0.0162 e. The minimum atomic E-state index is 0.838. The van der Waals surface area contributed by atoms with Gasteiger partial charge in [-0.15, -0.1) is 0 Å². The highest BCUT2D eigenvalue weighted by Gasteiger charge is 2.24. The van der Waals surface area contributed by atoms with Gasteiger partial charge in [0.15, 0.2) is 0 Å². The molecule has 0 spiro atoms. The first-order chi connectivity index (χ1) is 14.3. The van der Waals surface area contributed by atoms with Crippen LogP contribution in [0.1, 0.15) is 146 Å². The molecule has 0 nitrogen and oxygen atoms in total. The smallest absolute Gasteiger partial charge is 0.0162 e. The minimum absolute atomic E-state index is 0.838. The molecule has 29 heavy (non-hydrogen) atoms. The van der Waals surface area contributed by atoms with Crippen LogP contribution in [-0.2, 0) is 0 Å². The normalized spacial score (nSPS) is 27.8. The third kappa shape index (κ3) is 7.45. The lowest BCUT2D eigenvalue weighted by Crippen LogP contribution is -2.14. The zero-order valence-electron chi connectivity index (χ0n) is 19.6. The Hall–Kier alpha value is -0.780. The van der Waals surface area contributed by atoms with E-state index in [-0.39, 0.29) is 0 Å². The van der Waals surface area contributed by atoms with Gasteiger partial charge in [-0.3, -0.25) is 0 Å². The summed E-state index contributed by atoms with van der Waals surface area (Å²) in [5, 5.41) is 0. The van der Waals surface area contributed by atoms with Gasteiger partial charge in [0.25, 0.3) is 0 Å². The van der Waals surface area contributed by atoms with Crippen LogP contribution in [0.3, 0.4) is 0 Å². The first kappa shape index (κ1) is 22.9. The largest absolute Gasteiger partial charge is 0.0654 e. The van der Waals surface area contributed by atoms with Gasteiger partial charge < -0.3 is 0 Å². The average molecular weight is 397 g/mol. The van der Waals surface area contributed by atoms with Gasteiger partial charge in [-0.25, -0.2) is 0 Å². The fourth-order valence-electron chi connectivity index (χ4n) is 6.14. The van der Waals surface area contributed by atoms with Crippen LogP contribution < -0.4 is 0 Å². The monoisotopic (exact) mass is 396 g/mol. The van der Waals surface area contributed by atoms with Gasteiger partial charge >= 0.3 is 0 Å². The number of unbranched alkanes of at least 4 members (excludes halogenated alkanes) is 5. The zero-order valence-corrected chi connectivity index (χ0v) is 19.6. The Labute approximate surface area is 182 Å². The Morgan fingerprint density at radius 2 is 0.931 bits per heavy atom. The summed E-state index contributed by atoms with van der Waals surface area (Å²) in [5.41, 5.74) is 3.26. The Morgan fingerprint density at radius 3 is 1.38 bits per heavy atom. The summed E-state index contributed by atoms with van der Waals surface area (Å²) in [7, 11) is 0. The van der Waals surface area contributed by atoms with E-state index < -0.39 is 0 Å². The first-order valence-corrected chi connectivity index (χ1v) is 13.4. The second-order valence-corrected chi connectivity index (χ2v) is 10.4. The molecule has 0 radical (unpaired) electrons. The Bertz CT molecular complexity index is 526. The van der Waals surface area contributed by atoms with E-state index in [2.05, 4.69) is 38.1 Å². The van der Waals surface area contributed by atoms with E-state index in [4.69, 9.17) is 0 Å². The van der Waals surface area contributed by atoms with E-state index in [1.807, 2.05) is 0 Å². The highest BCUT2D eigenvalue weighted by atomic mass is 14.3. The Kier molecular flexibility index (Phi) is 10.1. The van der Waals surface area contributed by atoms with Crippen LogP contribution in [0.15, 0.2) is 24.3 Å². The molecule has 0 atom stereocenters. The molecule has 0 unspecified atom stereocenters. The van der Waals surface area contributed by atoms with Gasteiger partial charge in [-0.05, 0) is 86.2 Å². The summed E-state index contributed by atoms with van der Waals surface area (Å²) in [6, 6.07) is 9.97. The second-order valence-electron chi connectivity index (χ2n) is 10.4. The molecule has 164 valence electrons. The number of hydrogen-bond acceptors (Lipinski definition) is 0. The minimum Gasteiger partial charge on any atom is -0.0654 e. The first-order valence-electron chi connectivity index (χ1n) is 13.4. The van der Waals surface area contributed by atoms with Crippen LogP contribution in [0.25, 0.3) is 0 Å². The molecule has 2 fully saturated rings. The Balaban J connectivity index is 1.38. The fourth-order valence-corrected chi connectivity index (χ4v) is 6.14. The lowest BCUT2D eigenvalue weighted by Gasteiger charge is -2.30. The second kappa shape index (κ2) is 12.8. The quantitative estimate of drug-likeness (QED) is 0.326. The van der Waals surface area contributed by atoms with Crippen molar-refractivity contribution in [1.82, 2.24) is 0 Å². The van der Waals surface area contributed by atoms with Crippen LogP contribution in [0, 0.1) is 11.8 Å². The summed E-state index contributed by atoms with van der Waals surface area (Å²) in [6.45, 7) is 4.64. The Morgan fingerprint density at radius 1 is 0.517 bits per heavy atom. The lowest BCUT2D eigenvalue weighted by atomic mass is 9.75. The maximum absolute atomic E-state index is 2.49. The van der Waals surface area contributed by atoms with E-state index in [0.717, 1.165) is 23.7 Å². The fraction of sp³-hybridized carbons (Fsp3) is 0.793. The molecule has 0 aromatic heterocycles. The van der Waals surface area contributed by atoms with Crippen LogP contribution in [-0.4, -0.2) is 0 Å². The lowest BCUT2D eigenvalue weighted by molar-refractivity contribution is 0.301. The van der Waals surface area contributed by atoms with Crippen molar-refractivity contribution < 1.29 is 0 Å². The highest BCUT2D eigenvalue weighted by Crippen LogP contribution is 2.40. The summed E-state index contributed by atoms with van der Waals surface area (Å²) in [6.07, 6.45) is 24.6. The van der Waals surface area contributed by atoms with E-state index in [0.29, 0.717) is 0 Å². The van der Waals surface area contributed by atoms with Crippen molar-refractivity contribution in [2.24, 2.45) is 11.8 Å². The van der Waals surface area contributed by atoms with Gasteiger partial charge in [0, 0.05) is 0 Å². The van der Waals surface area contributed by atoms with Crippen LogP contribution >= 0.6 is 0 Å². The SMILES string of the molecule is CCCCCCC[C@H]1CC[C@H](c2ccc([C@H]3CC[C@H](CCCC)CC3)cc2)CC1. The van der Waals surface area contributed by atoms with Crippen molar-refractivity contribution in [3.8, 4) is 0 Å². The van der Waals surface area contributed by atoms with Crippen molar-refractivity contribution in [3.05, 3.63) is 35.4 Å². The molecular formula is C29H48. The number of hydrogen-bond donors (Lipinski definition) is 0. The topological polar surface area (TPSA) is 0 Å². The molecule has 2 saturated carbocycles. The molecule has 0 heteroatoms. The zero-order chi connectivity index (χ0) is 20.3. The predicted molar refractivity (Wildman–Crippen MR) is 129 cm³/mol. The number of rotatable bonds is 11. The molecule has 0 N–H and O–H groups in total. The molecule has 0 bridgehead atoms. The van der Waals surface area contributed by atoms with Crippen molar-refractivity contribution in [2.75, 3.05) is 0 Å². The summed E-state index contributed by atoms with van der Waals surface area (Å²) < 4.78 is 0. The third-order valence-corrected chi connectivity index (χ3v) is 8.25. The molecule has 2 aliphatic carbocycles. The van der Waals surface area contributed by atoms with Gasteiger partial charge in [0.1, 0.15) is 0 Å². The van der Waals surface area contributed by atoms with Crippen molar-refractivity contribution in [3.63, 3.8) is 0 Å². The molecule has 1 aromatic carbocycles. The van der Waals surface area contributed by atoms with E-state index in [1.54, 1.807) is 11.1 Å². The molecular weight excluding hydrogens is 348 g/mol. The van der Waals surface area contributed by atoms with Crippen LogP contribution in [0.4, 0.5) is 0 Å². The summed E-state index contributed by atoms with van der Waals surface area (Å²) in [4.78, 5) is 0. The number of benzene rings is 1. The van der Waals surface area contributed by atoms with E-state index in [1.165, 1.54) is 109 Å². The molecule has 0 amide bonds. The highest BCUT2D eigenvalue weighted by molar-refractivity contribution is 5.28. The van der Waals surface area contributed by atoms with Crippen LogP contribution in [0.5, 0.6) is 0 Å². The van der Waals surface area contributed by atoms with Gasteiger partial charge in [0.05, 0.1) is 0 Å². The maximum atomic E-state index is 2.49. The van der Waals surface area contributed by atoms with Crippen molar-refractivity contribution in [2.45, 2.75) is 135 Å². The van der Waals surface area contributed by atoms with Crippen molar-refractivity contribution >= 4 is 0 Å². The molecule has 0 saturated heterocycles. The third-order valence-electron chi connectivity index (χ3n) is 8.25. The molecule has 3 rings (SSSR count). The predicted octanol–water partition coefficient (Wildman–Crippen LogP) is 9.78. The summed E-state index contributed by atoms with van der Waals surface area (Å²) >= 11 is 0. The van der Waals surface area contributed by atoms with E-state index >= 15 is 0 Å². The molecule has 1 aromatic rings. The molecule has 2 aliphatic rings. The van der Waals surface area contributed by atoms with E-state index in [9.17, 15) is 0 Å². The van der Waals surface area contributed by atoms with Crippen LogP contribution in [0.2, 0.25) is 0 Å². The van der Waals surface area contributed by atoms with Gasteiger partial charge in [-0.1, -0.05) is 95.9 Å².